The Bertz CT molecular complexity index is 1660. The number of anilines is 2. The summed E-state index contributed by atoms with van der Waals surface area (Å²) in [5, 5.41) is 7.63. The van der Waals surface area contributed by atoms with Crippen molar-refractivity contribution in [1.82, 2.24) is 14.9 Å². The summed E-state index contributed by atoms with van der Waals surface area (Å²) in [6.45, 7) is -0.0831. The van der Waals surface area contributed by atoms with E-state index in [2.05, 4.69) is 31.2 Å². The Balaban J connectivity index is 1.29. The fourth-order valence-electron chi connectivity index (χ4n) is 5.00. The van der Waals surface area contributed by atoms with Crippen molar-refractivity contribution in [2.75, 3.05) is 16.8 Å². The van der Waals surface area contributed by atoms with Gasteiger partial charge in [-0.25, -0.2) is 0 Å². The monoisotopic (exact) mass is 579 g/mol. The Labute approximate surface area is 248 Å². The van der Waals surface area contributed by atoms with Crippen LogP contribution in [-0.4, -0.2) is 27.2 Å². The SMILES string of the molecule is O=C(COc1ccccc1)Nc1ccc(N2C(=S)N[C@H](c3ccccn3)[C@H]2c2cccn2-c2cccc(Cl)c2)cc1. The predicted octanol–water partition coefficient (Wildman–Crippen LogP) is 6.72. The molecule has 0 unspecified atom stereocenters. The van der Waals surface area contributed by atoms with Crippen LogP contribution in [0.3, 0.4) is 0 Å². The molecule has 5 aromatic rings. The van der Waals surface area contributed by atoms with Crippen LogP contribution >= 0.6 is 23.8 Å². The number of benzene rings is 3. The van der Waals surface area contributed by atoms with Gasteiger partial charge in [-0.05, 0) is 91.1 Å². The van der Waals surface area contributed by atoms with Crippen molar-refractivity contribution in [3.8, 4) is 11.4 Å². The van der Waals surface area contributed by atoms with E-state index in [0.717, 1.165) is 22.8 Å². The van der Waals surface area contributed by atoms with Gasteiger partial charge in [0.2, 0.25) is 0 Å². The molecule has 2 aromatic heterocycles. The summed E-state index contributed by atoms with van der Waals surface area (Å²) in [5.41, 5.74) is 4.39. The van der Waals surface area contributed by atoms with Gasteiger partial charge in [0.25, 0.3) is 5.91 Å². The number of nitrogens with one attached hydrogen (secondary N) is 2. The lowest BCUT2D eigenvalue weighted by molar-refractivity contribution is -0.118. The Morgan fingerprint density at radius 1 is 0.927 bits per heavy atom. The highest BCUT2D eigenvalue weighted by atomic mass is 35.5. The molecular formula is C32H26ClN5O2S. The highest BCUT2D eigenvalue weighted by Gasteiger charge is 2.42. The fraction of sp³-hybridized carbons (Fsp3) is 0.0938. The molecule has 2 atom stereocenters. The van der Waals surface area contributed by atoms with Crippen molar-refractivity contribution < 1.29 is 9.53 Å². The molecule has 6 rings (SSSR count). The molecule has 1 aliphatic heterocycles. The van der Waals surface area contributed by atoms with Gasteiger partial charge < -0.3 is 24.8 Å². The van der Waals surface area contributed by atoms with Gasteiger partial charge in [0.05, 0.1) is 11.7 Å². The molecule has 0 radical (unpaired) electrons. The summed E-state index contributed by atoms with van der Waals surface area (Å²) >= 11 is 12.2. The molecule has 3 aromatic carbocycles. The summed E-state index contributed by atoms with van der Waals surface area (Å²) in [6.07, 6.45) is 3.81. The normalized spacial score (nSPS) is 16.3. The summed E-state index contributed by atoms with van der Waals surface area (Å²) in [6, 6.07) is 34.2. The van der Waals surface area contributed by atoms with Gasteiger partial charge in [-0.3, -0.25) is 9.78 Å². The first-order chi connectivity index (χ1) is 20.1. The van der Waals surface area contributed by atoms with Crippen LogP contribution in [0.4, 0.5) is 11.4 Å². The first-order valence-electron chi connectivity index (χ1n) is 13.1. The third-order valence-corrected chi connectivity index (χ3v) is 7.36. The number of halogens is 1. The zero-order valence-electron chi connectivity index (χ0n) is 21.9. The van der Waals surface area contributed by atoms with Crippen LogP contribution in [0, 0.1) is 0 Å². The standard InChI is InChI=1S/C32H26ClN5O2S/c33-22-8-6-9-25(20-22)37-19-7-13-28(37)31-30(27-12-4-5-18-34-27)36-32(41)38(31)24-16-14-23(15-17-24)35-29(39)21-40-26-10-2-1-3-11-26/h1-20,30-31H,21H2,(H,35,39)(H,36,41)/t30-,31-/m1/s1. The van der Waals surface area contributed by atoms with Gasteiger partial charge in [0.15, 0.2) is 11.7 Å². The highest BCUT2D eigenvalue weighted by Crippen LogP contribution is 2.42. The molecular weight excluding hydrogens is 554 g/mol. The van der Waals surface area contributed by atoms with E-state index in [1.54, 1.807) is 6.20 Å². The number of aromatic nitrogens is 2. The third kappa shape index (κ3) is 5.79. The molecule has 1 amide bonds. The number of hydrogen-bond acceptors (Lipinski definition) is 4. The van der Waals surface area contributed by atoms with E-state index in [4.69, 9.17) is 28.6 Å². The van der Waals surface area contributed by atoms with E-state index in [1.165, 1.54) is 0 Å². The molecule has 0 aliphatic carbocycles. The molecule has 0 bridgehead atoms. The maximum Gasteiger partial charge on any atom is 0.262 e. The van der Waals surface area contributed by atoms with Gasteiger partial charge in [-0.1, -0.05) is 41.9 Å². The smallest absolute Gasteiger partial charge is 0.262 e. The summed E-state index contributed by atoms with van der Waals surface area (Å²) < 4.78 is 7.68. The van der Waals surface area contributed by atoms with E-state index < -0.39 is 0 Å². The van der Waals surface area contributed by atoms with Crippen LogP contribution < -0.4 is 20.3 Å². The molecule has 1 saturated heterocycles. The molecule has 7 nitrogen and oxygen atoms in total. The maximum absolute atomic E-state index is 12.5. The number of hydrogen-bond donors (Lipinski definition) is 2. The lowest BCUT2D eigenvalue weighted by Crippen LogP contribution is -2.30. The van der Waals surface area contributed by atoms with Crippen molar-refractivity contribution in [1.29, 1.82) is 0 Å². The molecule has 9 heteroatoms. The van der Waals surface area contributed by atoms with Crippen molar-refractivity contribution in [2.45, 2.75) is 12.1 Å². The number of carbonyl (C=O) groups excluding carboxylic acids is 1. The summed E-state index contributed by atoms with van der Waals surface area (Å²) in [7, 11) is 0. The average Bonchev–Trinajstić information content (AvgIpc) is 3.62. The Kier molecular flexibility index (Phi) is 7.67. The molecule has 1 aliphatic rings. The summed E-state index contributed by atoms with van der Waals surface area (Å²) in [4.78, 5) is 19.2. The number of para-hydroxylation sites is 1. The van der Waals surface area contributed by atoms with Gasteiger partial charge in [0, 0.05) is 40.2 Å². The summed E-state index contributed by atoms with van der Waals surface area (Å²) in [5.74, 6) is 0.400. The van der Waals surface area contributed by atoms with Gasteiger partial charge >= 0.3 is 0 Å². The number of rotatable bonds is 8. The second-order valence-electron chi connectivity index (χ2n) is 9.48. The van der Waals surface area contributed by atoms with Crippen LogP contribution in [-0.2, 0) is 4.79 Å². The molecule has 0 saturated carbocycles. The van der Waals surface area contributed by atoms with Crippen LogP contribution in [0.25, 0.3) is 5.69 Å². The number of pyridine rings is 1. The maximum atomic E-state index is 12.5. The molecule has 1 fully saturated rings. The van der Waals surface area contributed by atoms with Crippen molar-refractivity contribution in [3.63, 3.8) is 0 Å². The first-order valence-corrected chi connectivity index (χ1v) is 13.9. The van der Waals surface area contributed by atoms with Crippen LogP contribution in [0.2, 0.25) is 5.02 Å². The minimum absolute atomic E-state index is 0.0831. The lowest BCUT2D eigenvalue weighted by Gasteiger charge is -2.29. The molecule has 3 heterocycles. The Morgan fingerprint density at radius 3 is 2.49 bits per heavy atom. The highest BCUT2D eigenvalue weighted by molar-refractivity contribution is 7.80. The van der Waals surface area contributed by atoms with E-state index in [9.17, 15) is 4.79 Å². The molecule has 204 valence electrons. The zero-order valence-corrected chi connectivity index (χ0v) is 23.4. The molecule has 0 spiro atoms. The predicted molar refractivity (Wildman–Crippen MR) is 166 cm³/mol. The van der Waals surface area contributed by atoms with Gasteiger partial charge in [0.1, 0.15) is 11.8 Å². The average molecular weight is 580 g/mol. The van der Waals surface area contributed by atoms with Crippen LogP contribution in [0.1, 0.15) is 23.5 Å². The van der Waals surface area contributed by atoms with Crippen molar-refractivity contribution in [2.24, 2.45) is 0 Å². The second kappa shape index (κ2) is 11.8. The Hall–Kier alpha value is -4.66. The topological polar surface area (TPSA) is 71.4 Å². The van der Waals surface area contributed by atoms with E-state index in [1.807, 2.05) is 109 Å². The largest absolute Gasteiger partial charge is 0.484 e. The van der Waals surface area contributed by atoms with Gasteiger partial charge in [-0.15, -0.1) is 0 Å². The first kappa shape index (κ1) is 26.6. The number of thiocarbonyl (C=S) groups is 1. The zero-order chi connectivity index (χ0) is 28.2. The van der Waals surface area contributed by atoms with Crippen molar-refractivity contribution in [3.05, 3.63) is 138 Å². The number of amides is 1. The molecule has 41 heavy (non-hydrogen) atoms. The van der Waals surface area contributed by atoms with E-state index in [0.29, 0.717) is 21.6 Å². The number of nitrogens with zero attached hydrogens (tertiary/aromatic N) is 3. The number of ether oxygens (including phenoxy) is 1. The van der Waals surface area contributed by atoms with Crippen LogP contribution in [0.15, 0.2) is 122 Å². The van der Waals surface area contributed by atoms with E-state index in [-0.39, 0.29) is 24.6 Å². The van der Waals surface area contributed by atoms with Crippen LogP contribution in [0.5, 0.6) is 5.75 Å². The minimum Gasteiger partial charge on any atom is -0.484 e. The van der Waals surface area contributed by atoms with E-state index >= 15 is 0 Å². The van der Waals surface area contributed by atoms with Gasteiger partial charge in [-0.2, -0.15) is 0 Å². The van der Waals surface area contributed by atoms with Crippen molar-refractivity contribution >= 4 is 46.2 Å². The quantitative estimate of drug-likeness (QED) is 0.199. The second-order valence-corrected chi connectivity index (χ2v) is 10.3. The Morgan fingerprint density at radius 2 is 1.73 bits per heavy atom. The third-order valence-electron chi connectivity index (χ3n) is 6.81. The lowest BCUT2D eigenvalue weighted by atomic mass is 10.0. The number of carbonyl (C=O) groups is 1. The molecule has 2 N–H and O–H groups in total. The minimum atomic E-state index is -0.243. The fourth-order valence-corrected chi connectivity index (χ4v) is 5.53.